The summed E-state index contributed by atoms with van der Waals surface area (Å²) >= 11 is 0. The van der Waals surface area contributed by atoms with Crippen molar-refractivity contribution in [3.05, 3.63) is 41.5 Å². The average molecular weight is 273 g/mol. The summed E-state index contributed by atoms with van der Waals surface area (Å²) in [4.78, 5) is 23.5. The third-order valence-electron chi connectivity index (χ3n) is 3.58. The van der Waals surface area contributed by atoms with Crippen LogP contribution in [0.3, 0.4) is 0 Å². The summed E-state index contributed by atoms with van der Waals surface area (Å²) in [6.07, 6.45) is 4.61. The number of nitrogens with one attached hydrogen (secondary N) is 1. The van der Waals surface area contributed by atoms with Crippen LogP contribution in [-0.4, -0.2) is 17.0 Å². The summed E-state index contributed by atoms with van der Waals surface area (Å²) in [6, 6.07) is 5.80. The van der Waals surface area contributed by atoms with Gasteiger partial charge in [-0.05, 0) is 49.9 Å². The Labute approximate surface area is 118 Å². The van der Waals surface area contributed by atoms with Crippen molar-refractivity contribution in [3.8, 4) is 0 Å². The topological polar surface area (TPSA) is 66.4 Å². The van der Waals surface area contributed by atoms with E-state index >= 15 is 0 Å². The lowest BCUT2D eigenvalue weighted by Crippen LogP contribution is -2.34. The lowest BCUT2D eigenvalue weighted by molar-refractivity contribution is -0.146. The van der Waals surface area contributed by atoms with Gasteiger partial charge in [0.1, 0.15) is 0 Å². The number of carbonyl (C=O) groups excluding carboxylic acids is 1. The van der Waals surface area contributed by atoms with Gasteiger partial charge in [-0.1, -0.05) is 18.2 Å². The summed E-state index contributed by atoms with van der Waals surface area (Å²) in [6.45, 7) is 3.93. The van der Waals surface area contributed by atoms with Gasteiger partial charge in [-0.3, -0.25) is 9.59 Å². The summed E-state index contributed by atoms with van der Waals surface area (Å²) in [5, 5.41) is 12.0. The number of rotatable bonds is 3. The molecule has 0 aliphatic heterocycles. The molecule has 0 saturated heterocycles. The first-order valence-electron chi connectivity index (χ1n) is 6.74. The quantitative estimate of drug-likeness (QED) is 0.832. The number of hydrogen-bond acceptors (Lipinski definition) is 2. The van der Waals surface area contributed by atoms with Crippen molar-refractivity contribution >= 4 is 17.6 Å². The molecular weight excluding hydrogens is 254 g/mol. The highest BCUT2D eigenvalue weighted by atomic mass is 16.4. The Morgan fingerprint density at radius 1 is 1.05 bits per heavy atom. The van der Waals surface area contributed by atoms with Gasteiger partial charge in [-0.15, -0.1) is 0 Å². The highest BCUT2D eigenvalue weighted by Crippen LogP contribution is 2.27. The van der Waals surface area contributed by atoms with Gasteiger partial charge in [0.05, 0.1) is 11.8 Å². The van der Waals surface area contributed by atoms with Gasteiger partial charge in [-0.25, -0.2) is 0 Å². The zero-order chi connectivity index (χ0) is 14.7. The van der Waals surface area contributed by atoms with Gasteiger partial charge in [0.2, 0.25) is 5.91 Å². The molecule has 0 saturated carbocycles. The third-order valence-corrected chi connectivity index (χ3v) is 3.58. The second-order valence-corrected chi connectivity index (χ2v) is 5.36. The third kappa shape index (κ3) is 3.26. The Kier molecular flexibility index (Phi) is 4.23. The molecule has 20 heavy (non-hydrogen) atoms. The van der Waals surface area contributed by atoms with Crippen LogP contribution in [0.5, 0.6) is 0 Å². The monoisotopic (exact) mass is 273 g/mol. The van der Waals surface area contributed by atoms with E-state index in [0.717, 1.165) is 16.8 Å². The molecule has 1 aliphatic rings. The molecule has 4 heteroatoms. The molecule has 2 atom stereocenters. The van der Waals surface area contributed by atoms with Gasteiger partial charge in [0.15, 0.2) is 0 Å². The van der Waals surface area contributed by atoms with Crippen LogP contribution in [-0.2, 0) is 9.59 Å². The fourth-order valence-corrected chi connectivity index (χ4v) is 2.66. The van der Waals surface area contributed by atoms with Crippen molar-refractivity contribution < 1.29 is 14.7 Å². The summed E-state index contributed by atoms with van der Waals surface area (Å²) in [5.41, 5.74) is 2.86. The number of carboxylic acid groups (broad SMARTS) is 1. The molecule has 4 nitrogen and oxygen atoms in total. The molecule has 0 radical (unpaired) electrons. The minimum atomic E-state index is -0.907. The van der Waals surface area contributed by atoms with E-state index in [1.165, 1.54) is 0 Å². The molecule has 0 spiro atoms. The standard InChI is InChI=1S/C16H19NO3/c1-10-7-11(2)9-12(8-10)17-15(18)13-5-3-4-6-14(13)16(19)20/h3-4,7-9,13-14H,5-6H2,1-2H3,(H,17,18)(H,19,20)/t13-,14+/m0/s1. The van der Waals surface area contributed by atoms with Crippen molar-refractivity contribution in [3.63, 3.8) is 0 Å². The fraction of sp³-hybridized carbons (Fsp3) is 0.375. The van der Waals surface area contributed by atoms with E-state index in [1.54, 1.807) is 0 Å². The van der Waals surface area contributed by atoms with Crippen molar-refractivity contribution in [2.75, 3.05) is 5.32 Å². The molecule has 2 N–H and O–H groups in total. The number of benzene rings is 1. The molecule has 106 valence electrons. The number of carbonyl (C=O) groups is 2. The Balaban J connectivity index is 2.14. The van der Waals surface area contributed by atoms with E-state index in [9.17, 15) is 14.7 Å². The largest absolute Gasteiger partial charge is 0.481 e. The number of aryl methyl sites for hydroxylation is 2. The highest BCUT2D eigenvalue weighted by molar-refractivity contribution is 5.95. The Bertz CT molecular complexity index is 543. The van der Waals surface area contributed by atoms with Crippen LogP contribution in [0.1, 0.15) is 24.0 Å². The predicted octanol–water partition coefficient (Wildman–Crippen LogP) is 2.91. The number of allylic oxidation sites excluding steroid dienone is 2. The maximum absolute atomic E-state index is 12.3. The first-order valence-corrected chi connectivity index (χ1v) is 6.74. The van der Waals surface area contributed by atoms with Gasteiger partial charge < -0.3 is 10.4 Å². The summed E-state index contributed by atoms with van der Waals surface area (Å²) in [5.74, 6) is -2.26. The molecule has 1 aromatic rings. The van der Waals surface area contributed by atoms with Crippen molar-refractivity contribution in [1.82, 2.24) is 0 Å². The van der Waals surface area contributed by atoms with Crippen molar-refractivity contribution in [1.29, 1.82) is 0 Å². The second-order valence-electron chi connectivity index (χ2n) is 5.36. The minimum absolute atomic E-state index is 0.216. The molecule has 2 rings (SSSR count). The Hall–Kier alpha value is -2.10. The van der Waals surface area contributed by atoms with Crippen LogP contribution >= 0.6 is 0 Å². The zero-order valence-corrected chi connectivity index (χ0v) is 11.7. The van der Waals surface area contributed by atoms with E-state index in [1.807, 2.05) is 44.2 Å². The summed E-state index contributed by atoms with van der Waals surface area (Å²) in [7, 11) is 0. The minimum Gasteiger partial charge on any atom is -0.481 e. The van der Waals surface area contributed by atoms with Crippen LogP contribution in [0, 0.1) is 25.7 Å². The SMILES string of the molecule is Cc1cc(C)cc(NC(=O)[C@H]2CC=CC[C@H]2C(=O)O)c1. The summed E-state index contributed by atoms with van der Waals surface area (Å²) < 4.78 is 0. The van der Waals surface area contributed by atoms with Gasteiger partial charge in [0, 0.05) is 5.69 Å². The smallest absolute Gasteiger partial charge is 0.307 e. The molecule has 1 aliphatic carbocycles. The van der Waals surface area contributed by atoms with E-state index in [-0.39, 0.29) is 5.91 Å². The van der Waals surface area contributed by atoms with Crippen LogP contribution in [0.4, 0.5) is 5.69 Å². The molecule has 1 aromatic carbocycles. The number of hydrogen-bond donors (Lipinski definition) is 2. The Morgan fingerprint density at radius 2 is 1.60 bits per heavy atom. The van der Waals surface area contributed by atoms with Gasteiger partial charge >= 0.3 is 5.97 Å². The average Bonchev–Trinajstić information content (AvgIpc) is 2.37. The fourth-order valence-electron chi connectivity index (χ4n) is 2.66. The number of aliphatic carboxylic acids is 1. The molecule has 0 fully saturated rings. The molecular formula is C16H19NO3. The van der Waals surface area contributed by atoms with Crippen LogP contribution in [0.2, 0.25) is 0 Å². The van der Waals surface area contributed by atoms with E-state index in [4.69, 9.17) is 0 Å². The zero-order valence-electron chi connectivity index (χ0n) is 11.7. The van der Waals surface area contributed by atoms with E-state index in [2.05, 4.69) is 5.32 Å². The maximum Gasteiger partial charge on any atom is 0.307 e. The van der Waals surface area contributed by atoms with Crippen LogP contribution in [0.15, 0.2) is 30.4 Å². The molecule has 1 amide bonds. The Morgan fingerprint density at radius 3 is 2.15 bits per heavy atom. The van der Waals surface area contributed by atoms with Crippen molar-refractivity contribution in [2.45, 2.75) is 26.7 Å². The van der Waals surface area contributed by atoms with Gasteiger partial charge in [-0.2, -0.15) is 0 Å². The first kappa shape index (κ1) is 14.3. The molecule has 0 unspecified atom stereocenters. The van der Waals surface area contributed by atoms with E-state index < -0.39 is 17.8 Å². The van der Waals surface area contributed by atoms with Crippen LogP contribution < -0.4 is 5.32 Å². The normalized spacial score (nSPS) is 21.5. The maximum atomic E-state index is 12.3. The number of amides is 1. The first-order chi connectivity index (χ1) is 9.47. The highest BCUT2D eigenvalue weighted by Gasteiger charge is 2.33. The lowest BCUT2D eigenvalue weighted by Gasteiger charge is -2.24. The lowest BCUT2D eigenvalue weighted by atomic mass is 9.82. The molecule has 0 heterocycles. The van der Waals surface area contributed by atoms with Crippen LogP contribution in [0.25, 0.3) is 0 Å². The molecule has 0 aromatic heterocycles. The number of carboxylic acids is 1. The number of anilines is 1. The molecule has 0 bridgehead atoms. The predicted molar refractivity (Wildman–Crippen MR) is 77.5 cm³/mol. The second kappa shape index (κ2) is 5.90. The van der Waals surface area contributed by atoms with E-state index in [0.29, 0.717) is 12.8 Å². The van der Waals surface area contributed by atoms with Gasteiger partial charge in [0.25, 0.3) is 0 Å². The van der Waals surface area contributed by atoms with Crippen molar-refractivity contribution in [2.24, 2.45) is 11.8 Å².